The van der Waals surface area contributed by atoms with E-state index in [4.69, 9.17) is 11.6 Å². The minimum Gasteiger partial charge on any atom is -0.322 e. The van der Waals surface area contributed by atoms with E-state index < -0.39 is 26.0 Å². The fraction of sp³-hybridized carbons (Fsp3) is 0.409. The molecule has 8 nitrogen and oxygen atoms in total. The van der Waals surface area contributed by atoms with Gasteiger partial charge in [0.05, 0.1) is 20.4 Å². The number of rotatable bonds is 6. The molecule has 3 rings (SSSR count). The first-order valence-electron chi connectivity index (χ1n) is 10.6. The third-order valence-electron chi connectivity index (χ3n) is 5.59. The van der Waals surface area contributed by atoms with Crippen molar-refractivity contribution in [2.24, 2.45) is 0 Å². The third-order valence-corrected chi connectivity index (χ3v) is 9.77. The van der Waals surface area contributed by atoms with Gasteiger partial charge in [0.2, 0.25) is 20.0 Å². The Kier molecular flexibility index (Phi) is 7.85. The molecule has 2 aromatic carbocycles. The van der Waals surface area contributed by atoms with Crippen LogP contribution in [0.1, 0.15) is 41.6 Å². The lowest BCUT2D eigenvalue weighted by Gasteiger charge is -2.21. The van der Waals surface area contributed by atoms with Crippen molar-refractivity contribution in [2.75, 3.05) is 32.5 Å². The average Bonchev–Trinajstić information content (AvgIpc) is 3.05. The van der Waals surface area contributed by atoms with E-state index in [2.05, 4.69) is 5.32 Å². The number of amides is 1. The van der Waals surface area contributed by atoms with Gasteiger partial charge < -0.3 is 5.32 Å². The summed E-state index contributed by atoms with van der Waals surface area (Å²) in [4.78, 5) is 13.0. The molecule has 180 valence electrons. The molecule has 11 heteroatoms. The summed E-state index contributed by atoms with van der Waals surface area (Å²) in [5, 5.41) is 2.73. The van der Waals surface area contributed by atoms with Crippen LogP contribution in [0.15, 0.2) is 46.2 Å². The second-order valence-electron chi connectivity index (χ2n) is 8.18. The highest BCUT2D eigenvalue weighted by molar-refractivity contribution is 7.89. The molecule has 0 radical (unpaired) electrons. The van der Waals surface area contributed by atoms with Crippen LogP contribution >= 0.6 is 11.6 Å². The second-order valence-corrected chi connectivity index (χ2v) is 12.6. The van der Waals surface area contributed by atoms with E-state index in [1.54, 1.807) is 19.1 Å². The topological polar surface area (TPSA) is 104 Å². The summed E-state index contributed by atoms with van der Waals surface area (Å²) in [7, 11) is -4.69. The van der Waals surface area contributed by atoms with Gasteiger partial charge in [0.15, 0.2) is 0 Å². The van der Waals surface area contributed by atoms with Gasteiger partial charge in [-0.2, -0.15) is 4.31 Å². The van der Waals surface area contributed by atoms with Crippen molar-refractivity contribution < 1.29 is 21.6 Å². The molecule has 0 atom stereocenters. The van der Waals surface area contributed by atoms with Gasteiger partial charge >= 0.3 is 0 Å². The quantitative estimate of drug-likeness (QED) is 0.634. The highest BCUT2D eigenvalue weighted by Crippen LogP contribution is 2.27. The monoisotopic (exact) mass is 513 g/mol. The molecule has 1 aliphatic rings. The summed E-state index contributed by atoms with van der Waals surface area (Å²) in [6.45, 7) is 2.66. The normalized spacial score (nSPS) is 15.9. The van der Waals surface area contributed by atoms with Crippen LogP contribution in [0.2, 0.25) is 5.02 Å². The summed E-state index contributed by atoms with van der Waals surface area (Å²) < 4.78 is 53.9. The number of aryl methyl sites for hydroxylation is 1. The van der Waals surface area contributed by atoms with Gasteiger partial charge in [-0.3, -0.25) is 4.79 Å². The van der Waals surface area contributed by atoms with Crippen molar-refractivity contribution in [3.05, 3.63) is 52.5 Å². The summed E-state index contributed by atoms with van der Waals surface area (Å²) >= 11 is 6.16. The summed E-state index contributed by atoms with van der Waals surface area (Å²) in [6.07, 6.45) is 3.65. The van der Waals surface area contributed by atoms with E-state index in [1.807, 2.05) is 0 Å². The Morgan fingerprint density at radius 3 is 2.21 bits per heavy atom. The van der Waals surface area contributed by atoms with Crippen molar-refractivity contribution >= 4 is 43.2 Å². The Labute approximate surface area is 200 Å². The summed E-state index contributed by atoms with van der Waals surface area (Å²) in [5.74, 6) is -0.641. The van der Waals surface area contributed by atoms with Gasteiger partial charge in [-0.1, -0.05) is 30.5 Å². The Morgan fingerprint density at radius 1 is 0.970 bits per heavy atom. The minimum atomic E-state index is -3.76. The lowest BCUT2D eigenvalue weighted by molar-refractivity contribution is 0.102. The van der Waals surface area contributed by atoms with E-state index >= 15 is 0 Å². The fourth-order valence-corrected chi connectivity index (χ4v) is 6.52. The highest BCUT2D eigenvalue weighted by atomic mass is 35.5. The smallest absolute Gasteiger partial charge is 0.257 e. The molecule has 1 aliphatic heterocycles. The predicted octanol–water partition coefficient (Wildman–Crippen LogP) is 3.72. The third kappa shape index (κ3) is 5.58. The van der Waals surface area contributed by atoms with Crippen LogP contribution in [0.4, 0.5) is 5.69 Å². The average molecular weight is 514 g/mol. The minimum absolute atomic E-state index is 0.0305. The zero-order chi connectivity index (χ0) is 24.4. The van der Waals surface area contributed by atoms with Crippen LogP contribution in [-0.2, 0) is 20.0 Å². The number of halogens is 1. The standard InChI is InChI=1S/C22H28ClN3O5S2/c1-16-8-9-17(14-21(16)33(30,31)26-12-6-4-5-7-13-26)24-22(27)19-15-18(10-11-20(19)23)32(28,29)25(2)3/h8-11,14-15H,4-7,12-13H2,1-3H3,(H,24,27). The number of hydrogen-bond donors (Lipinski definition) is 1. The molecule has 1 N–H and O–H groups in total. The van der Waals surface area contributed by atoms with Crippen LogP contribution in [0.25, 0.3) is 0 Å². The molecule has 0 aromatic heterocycles. The van der Waals surface area contributed by atoms with E-state index in [-0.39, 0.29) is 26.1 Å². The number of benzene rings is 2. The van der Waals surface area contributed by atoms with Gasteiger partial charge in [0.25, 0.3) is 5.91 Å². The van der Waals surface area contributed by atoms with Gasteiger partial charge in [-0.05, 0) is 55.7 Å². The molecule has 1 saturated heterocycles. The van der Waals surface area contributed by atoms with Gasteiger partial charge in [-0.25, -0.2) is 21.1 Å². The molecule has 0 spiro atoms. The number of carbonyl (C=O) groups excluding carboxylic acids is 1. The molecule has 1 heterocycles. The molecule has 33 heavy (non-hydrogen) atoms. The van der Waals surface area contributed by atoms with Crippen molar-refractivity contribution in [3.8, 4) is 0 Å². The number of anilines is 1. The van der Waals surface area contributed by atoms with Crippen molar-refractivity contribution in [3.63, 3.8) is 0 Å². The Hall–Kier alpha value is -1.98. The lowest BCUT2D eigenvalue weighted by Crippen LogP contribution is -2.32. The van der Waals surface area contributed by atoms with Crippen LogP contribution in [-0.4, -0.2) is 58.5 Å². The van der Waals surface area contributed by atoms with Crippen LogP contribution in [0.5, 0.6) is 0 Å². The first-order chi connectivity index (χ1) is 15.4. The number of nitrogens with one attached hydrogen (secondary N) is 1. The predicted molar refractivity (Wildman–Crippen MR) is 129 cm³/mol. The van der Waals surface area contributed by atoms with E-state index in [9.17, 15) is 21.6 Å². The van der Waals surface area contributed by atoms with Crippen molar-refractivity contribution in [1.29, 1.82) is 0 Å². The Balaban J connectivity index is 1.92. The van der Waals surface area contributed by atoms with Crippen LogP contribution < -0.4 is 5.32 Å². The Morgan fingerprint density at radius 2 is 1.61 bits per heavy atom. The zero-order valence-corrected chi connectivity index (χ0v) is 21.2. The first-order valence-corrected chi connectivity index (χ1v) is 13.8. The molecular weight excluding hydrogens is 486 g/mol. The van der Waals surface area contributed by atoms with Gasteiger partial charge in [0.1, 0.15) is 0 Å². The molecule has 2 aromatic rings. The molecule has 0 bridgehead atoms. The maximum absolute atomic E-state index is 13.3. The number of hydrogen-bond acceptors (Lipinski definition) is 5. The maximum atomic E-state index is 13.3. The van der Waals surface area contributed by atoms with E-state index in [0.29, 0.717) is 18.7 Å². The molecule has 0 unspecified atom stereocenters. The van der Waals surface area contributed by atoms with E-state index in [0.717, 1.165) is 30.0 Å². The van der Waals surface area contributed by atoms with E-state index in [1.165, 1.54) is 42.7 Å². The van der Waals surface area contributed by atoms with Crippen molar-refractivity contribution in [1.82, 2.24) is 8.61 Å². The lowest BCUT2D eigenvalue weighted by atomic mass is 10.2. The molecule has 1 fully saturated rings. The number of sulfonamides is 2. The number of carbonyl (C=O) groups is 1. The van der Waals surface area contributed by atoms with Gasteiger partial charge in [-0.15, -0.1) is 0 Å². The number of nitrogens with zero attached hydrogens (tertiary/aromatic N) is 2. The van der Waals surface area contributed by atoms with Crippen molar-refractivity contribution in [2.45, 2.75) is 42.4 Å². The SMILES string of the molecule is Cc1ccc(NC(=O)c2cc(S(=O)(=O)N(C)C)ccc2Cl)cc1S(=O)(=O)N1CCCCCC1. The molecular formula is C22H28ClN3O5S2. The first kappa shape index (κ1) is 25.6. The summed E-state index contributed by atoms with van der Waals surface area (Å²) in [6, 6.07) is 8.54. The fourth-order valence-electron chi connectivity index (χ4n) is 3.62. The van der Waals surface area contributed by atoms with Crippen LogP contribution in [0.3, 0.4) is 0 Å². The second kappa shape index (κ2) is 10.1. The van der Waals surface area contributed by atoms with Crippen LogP contribution in [0, 0.1) is 6.92 Å². The molecule has 0 aliphatic carbocycles. The largest absolute Gasteiger partial charge is 0.322 e. The zero-order valence-electron chi connectivity index (χ0n) is 18.8. The highest BCUT2D eigenvalue weighted by Gasteiger charge is 2.27. The Bertz CT molecular complexity index is 1250. The van der Waals surface area contributed by atoms with Gasteiger partial charge in [0, 0.05) is 32.9 Å². The molecule has 1 amide bonds. The summed E-state index contributed by atoms with van der Waals surface area (Å²) in [5.41, 5.74) is 0.822. The molecule has 0 saturated carbocycles. The maximum Gasteiger partial charge on any atom is 0.257 e.